The molecule has 3 aromatic carbocycles. The summed E-state index contributed by atoms with van der Waals surface area (Å²) in [6, 6.07) is 11.3. The fourth-order valence-corrected chi connectivity index (χ4v) is 3.97. The molecule has 0 fully saturated rings. The first-order valence-electron chi connectivity index (χ1n) is 9.45. The first-order chi connectivity index (χ1) is 15.8. The minimum absolute atomic E-state index is 0.00949. The zero-order chi connectivity index (χ0) is 25.3. The van der Waals surface area contributed by atoms with Gasteiger partial charge in [0.25, 0.3) is 20.2 Å². The number of nitrogens with zero attached hydrogens (tertiary/aromatic N) is 4. The maximum absolute atomic E-state index is 11.9. The van der Waals surface area contributed by atoms with E-state index in [1.807, 2.05) is 26.0 Å². The van der Waals surface area contributed by atoms with Crippen molar-refractivity contribution >= 4 is 54.4 Å². The summed E-state index contributed by atoms with van der Waals surface area (Å²) in [6.07, 6.45) is 0. The highest BCUT2D eigenvalue weighted by Gasteiger charge is 2.22. The van der Waals surface area contributed by atoms with Gasteiger partial charge in [0, 0.05) is 0 Å². The second-order valence-corrected chi connectivity index (χ2v) is 10.0. The molecule has 0 aliphatic rings. The molecule has 0 heterocycles. The highest BCUT2D eigenvalue weighted by molar-refractivity contribution is 7.86. The Morgan fingerprint density at radius 1 is 0.735 bits per heavy atom. The summed E-state index contributed by atoms with van der Waals surface area (Å²) < 4.78 is 65.2. The van der Waals surface area contributed by atoms with Gasteiger partial charge in [0.15, 0.2) is 0 Å². The van der Waals surface area contributed by atoms with Crippen molar-refractivity contribution in [2.75, 3.05) is 11.5 Å². The smallest absolute Gasteiger partial charge is 0.296 e. The van der Waals surface area contributed by atoms with Gasteiger partial charge in [0.05, 0.1) is 27.6 Å². The Morgan fingerprint density at radius 2 is 1.41 bits per heavy atom. The molecular weight excluding hydrogens is 484 g/mol. The number of hydrogen-bond acceptors (Lipinski definition) is 10. The minimum Gasteiger partial charge on any atom is -0.396 e. The Bertz CT molecular complexity index is 1550. The Labute approximate surface area is 195 Å². The molecule has 0 aliphatic carbocycles. The van der Waals surface area contributed by atoms with Gasteiger partial charge in [-0.2, -0.15) is 27.1 Å². The number of azo groups is 2. The van der Waals surface area contributed by atoms with Crippen LogP contribution in [-0.4, -0.2) is 25.9 Å². The number of nitrogen functional groups attached to an aromatic ring is 2. The first kappa shape index (κ1) is 24.9. The highest BCUT2D eigenvalue weighted by atomic mass is 32.2. The minimum atomic E-state index is -4.80. The van der Waals surface area contributed by atoms with E-state index in [1.54, 1.807) is 6.07 Å². The summed E-state index contributed by atoms with van der Waals surface area (Å²) in [5, 5.41) is 15.8. The summed E-state index contributed by atoms with van der Waals surface area (Å²) in [5.41, 5.74) is 13.0. The molecule has 0 amide bonds. The van der Waals surface area contributed by atoms with E-state index in [9.17, 15) is 25.9 Å². The largest absolute Gasteiger partial charge is 0.396 e. The number of aryl methyl sites for hydroxylation is 2. The van der Waals surface area contributed by atoms with Crippen LogP contribution in [0.5, 0.6) is 0 Å². The average molecular weight is 505 g/mol. The summed E-state index contributed by atoms with van der Waals surface area (Å²) >= 11 is 0. The summed E-state index contributed by atoms with van der Waals surface area (Å²) in [4.78, 5) is -1.14. The molecule has 14 heteroatoms. The Balaban J connectivity index is 2.15. The molecule has 3 aromatic rings. The van der Waals surface area contributed by atoms with Crippen LogP contribution in [0.1, 0.15) is 11.1 Å². The molecule has 0 saturated heterocycles. The Kier molecular flexibility index (Phi) is 6.79. The van der Waals surface area contributed by atoms with Crippen molar-refractivity contribution in [2.24, 2.45) is 20.5 Å². The van der Waals surface area contributed by atoms with Crippen LogP contribution in [0.3, 0.4) is 0 Å². The Morgan fingerprint density at radius 3 is 2.06 bits per heavy atom. The summed E-state index contributed by atoms with van der Waals surface area (Å²) in [6.45, 7) is 3.67. The molecule has 0 atom stereocenters. The van der Waals surface area contributed by atoms with E-state index in [-0.39, 0.29) is 22.7 Å². The normalized spacial score (nSPS) is 12.6. The van der Waals surface area contributed by atoms with Crippen LogP contribution in [0.15, 0.2) is 78.8 Å². The number of benzene rings is 3. The third-order valence-corrected chi connectivity index (χ3v) is 6.35. The van der Waals surface area contributed by atoms with E-state index < -0.39 is 35.7 Å². The van der Waals surface area contributed by atoms with Crippen molar-refractivity contribution < 1.29 is 25.9 Å². The molecule has 0 radical (unpaired) electrons. The van der Waals surface area contributed by atoms with Gasteiger partial charge in [-0.05, 0) is 55.3 Å². The molecule has 0 bridgehead atoms. The topological polar surface area (TPSA) is 210 Å². The molecule has 34 heavy (non-hydrogen) atoms. The van der Waals surface area contributed by atoms with Gasteiger partial charge in [-0.3, -0.25) is 9.11 Å². The number of nitrogens with two attached hydrogens (primary N) is 2. The van der Waals surface area contributed by atoms with Crippen molar-refractivity contribution in [3.8, 4) is 0 Å². The molecule has 0 aromatic heterocycles. The van der Waals surface area contributed by atoms with Crippen molar-refractivity contribution in [1.82, 2.24) is 0 Å². The number of rotatable bonds is 6. The van der Waals surface area contributed by atoms with Crippen LogP contribution in [-0.2, 0) is 20.2 Å². The second kappa shape index (κ2) is 9.26. The lowest BCUT2D eigenvalue weighted by Crippen LogP contribution is -2.05. The molecule has 12 nitrogen and oxygen atoms in total. The zero-order valence-electron chi connectivity index (χ0n) is 17.9. The van der Waals surface area contributed by atoms with Crippen molar-refractivity contribution in [1.29, 1.82) is 0 Å². The van der Waals surface area contributed by atoms with Gasteiger partial charge in [-0.1, -0.05) is 18.2 Å². The SMILES string of the molecule is Cc1ccc(C)c(/N=N/c2cc(S(=O)(=O)O)c(N)c(/N=N/c3cccc(S(=O)(=O)O)c3)c2N)c1. The monoisotopic (exact) mass is 504 g/mol. The lowest BCUT2D eigenvalue weighted by Gasteiger charge is -2.10. The van der Waals surface area contributed by atoms with Crippen LogP contribution >= 0.6 is 0 Å². The van der Waals surface area contributed by atoms with Gasteiger partial charge in [0.1, 0.15) is 16.3 Å². The fraction of sp³-hybridized carbons (Fsp3) is 0.100. The highest BCUT2D eigenvalue weighted by Crippen LogP contribution is 2.43. The van der Waals surface area contributed by atoms with Crippen LogP contribution in [0.2, 0.25) is 0 Å². The first-order valence-corrected chi connectivity index (χ1v) is 12.3. The van der Waals surface area contributed by atoms with Gasteiger partial charge >= 0.3 is 0 Å². The van der Waals surface area contributed by atoms with E-state index in [2.05, 4.69) is 20.5 Å². The van der Waals surface area contributed by atoms with Gasteiger partial charge in [-0.15, -0.1) is 10.2 Å². The summed E-state index contributed by atoms with van der Waals surface area (Å²) in [7, 11) is -9.29. The third kappa shape index (κ3) is 5.60. The van der Waals surface area contributed by atoms with E-state index in [1.165, 1.54) is 12.1 Å². The molecule has 178 valence electrons. The predicted octanol–water partition coefficient (Wildman–Crippen LogP) is 4.79. The van der Waals surface area contributed by atoms with Crippen LogP contribution in [0, 0.1) is 13.8 Å². The number of hydrogen-bond donors (Lipinski definition) is 4. The van der Waals surface area contributed by atoms with E-state index in [0.29, 0.717) is 5.69 Å². The second-order valence-electron chi connectivity index (χ2n) is 7.21. The molecule has 0 unspecified atom stereocenters. The van der Waals surface area contributed by atoms with Crippen LogP contribution < -0.4 is 11.5 Å². The van der Waals surface area contributed by atoms with E-state index >= 15 is 0 Å². The van der Waals surface area contributed by atoms with Crippen molar-refractivity contribution in [3.05, 3.63) is 59.7 Å². The summed E-state index contributed by atoms with van der Waals surface area (Å²) in [5.74, 6) is 0. The van der Waals surface area contributed by atoms with Crippen LogP contribution in [0.25, 0.3) is 0 Å². The van der Waals surface area contributed by atoms with Crippen molar-refractivity contribution in [3.63, 3.8) is 0 Å². The standard InChI is InChI=1S/C20H20N6O6S2/c1-11-6-7-12(2)15(8-11)24-25-16-10-17(34(30,31)32)19(22)20(18(16)21)26-23-13-4-3-5-14(9-13)33(27,28)29/h3-10H,21-22H2,1-2H3,(H,27,28,29)(H,30,31,32)/b25-24+,26-23+. The maximum Gasteiger partial charge on any atom is 0.296 e. The molecule has 3 rings (SSSR count). The maximum atomic E-state index is 11.9. The molecule has 0 spiro atoms. The van der Waals surface area contributed by atoms with E-state index in [4.69, 9.17) is 11.5 Å². The fourth-order valence-electron chi connectivity index (χ4n) is 2.82. The lowest BCUT2D eigenvalue weighted by molar-refractivity contribution is 0.481. The van der Waals surface area contributed by atoms with Gasteiger partial charge < -0.3 is 11.5 Å². The molecule has 6 N–H and O–H groups in total. The quantitative estimate of drug-likeness (QED) is 0.207. The molecular formula is C20H20N6O6S2. The van der Waals surface area contributed by atoms with Crippen LogP contribution in [0.4, 0.5) is 34.1 Å². The lowest BCUT2D eigenvalue weighted by atomic mass is 10.1. The molecule has 0 aliphatic heterocycles. The zero-order valence-corrected chi connectivity index (χ0v) is 19.5. The van der Waals surface area contributed by atoms with E-state index in [0.717, 1.165) is 29.3 Å². The average Bonchev–Trinajstić information content (AvgIpc) is 2.74. The predicted molar refractivity (Wildman–Crippen MR) is 126 cm³/mol. The van der Waals surface area contributed by atoms with Gasteiger partial charge in [-0.25, -0.2) is 0 Å². The van der Waals surface area contributed by atoms with Crippen molar-refractivity contribution in [2.45, 2.75) is 23.6 Å². The number of anilines is 2. The molecule has 0 saturated carbocycles. The Hall–Kier alpha value is -3.72. The third-order valence-electron chi connectivity index (χ3n) is 4.61. The van der Waals surface area contributed by atoms with Gasteiger partial charge in [0.2, 0.25) is 0 Å².